The molecule has 0 aliphatic rings. The van der Waals surface area contributed by atoms with Gasteiger partial charge in [-0.1, -0.05) is 36.4 Å². The van der Waals surface area contributed by atoms with Gasteiger partial charge in [0.1, 0.15) is 11.4 Å². The highest BCUT2D eigenvalue weighted by atomic mass is 16.3. The lowest BCUT2D eigenvalue weighted by atomic mass is 10.2. The van der Waals surface area contributed by atoms with Crippen molar-refractivity contribution in [2.75, 3.05) is 0 Å². The number of rotatable bonds is 2. The van der Waals surface area contributed by atoms with E-state index in [9.17, 15) is 9.90 Å². The smallest absolute Gasteiger partial charge is 0.344 e. The summed E-state index contributed by atoms with van der Waals surface area (Å²) in [6.45, 7) is 1.56. The topological polar surface area (TPSA) is 48.9 Å². The number of hydrogen-bond acceptors (Lipinski definition) is 2. The summed E-state index contributed by atoms with van der Waals surface area (Å²) in [5, 5.41) is 12.3. The van der Waals surface area contributed by atoms with Crippen molar-refractivity contribution in [3.63, 3.8) is 0 Å². The maximum atomic E-state index is 12.3. The minimum absolute atomic E-state index is 0.199. The third-order valence-corrected chi connectivity index (χ3v) is 3.38. The lowest BCUT2D eigenvalue weighted by Gasteiger charge is -2.14. The number of aromatic nitrogens is 2. The fourth-order valence-electron chi connectivity index (χ4n) is 2.22. The quantitative estimate of drug-likeness (QED) is 0.667. The largest absolute Gasteiger partial charge is 0.842 e. The van der Waals surface area contributed by atoms with Gasteiger partial charge in [-0.15, -0.1) is 0 Å². The van der Waals surface area contributed by atoms with Crippen LogP contribution in [0, 0.1) is 6.92 Å². The van der Waals surface area contributed by atoms with Crippen LogP contribution in [0.15, 0.2) is 71.8 Å². The van der Waals surface area contributed by atoms with E-state index in [0.29, 0.717) is 0 Å². The molecule has 0 saturated carbocycles. The maximum Gasteiger partial charge on any atom is 0.344 e. The van der Waals surface area contributed by atoms with Crippen molar-refractivity contribution >= 4 is 0 Å². The van der Waals surface area contributed by atoms with Gasteiger partial charge in [0.2, 0.25) is 0 Å². The summed E-state index contributed by atoms with van der Waals surface area (Å²) < 4.78 is 2.98. The Bertz CT molecular complexity index is 825. The second-order valence-corrected chi connectivity index (χ2v) is 4.76. The Morgan fingerprint density at radius 3 is 2.14 bits per heavy atom. The van der Waals surface area contributed by atoms with Gasteiger partial charge in [-0.05, 0) is 31.2 Å². The maximum absolute atomic E-state index is 12.3. The van der Waals surface area contributed by atoms with E-state index in [2.05, 4.69) is 0 Å². The second kappa shape index (κ2) is 5.25. The molecule has 0 spiro atoms. The van der Waals surface area contributed by atoms with Gasteiger partial charge in [0, 0.05) is 0 Å². The van der Waals surface area contributed by atoms with Gasteiger partial charge >= 0.3 is 5.56 Å². The fraction of sp³-hybridized carbons (Fsp3) is 0.0588. The first-order valence-corrected chi connectivity index (χ1v) is 6.64. The van der Waals surface area contributed by atoms with Crippen LogP contribution in [-0.2, 0) is 0 Å². The highest BCUT2D eigenvalue weighted by Gasteiger charge is 2.15. The summed E-state index contributed by atoms with van der Waals surface area (Å²) in [6.07, 6.45) is 1.54. The first kappa shape index (κ1) is 13.1. The molecule has 0 radical (unpaired) electrons. The van der Waals surface area contributed by atoms with Gasteiger partial charge in [0.05, 0.1) is 11.4 Å². The zero-order valence-electron chi connectivity index (χ0n) is 11.6. The predicted octanol–water partition coefficient (Wildman–Crippen LogP) is 1.50. The van der Waals surface area contributed by atoms with Crippen molar-refractivity contribution in [1.29, 1.82) is 0 Å². The molecule has 2 aromatic carbocycles. The zero-order chi connectivity index (χ0) is 14.8. The minimum Gasteiger partial charge on any atom is -0.842 e. The SMILES string of the molecule is Cc1c([O-])[n+](-c2ccccc2)cn(-c2ccccc2)c1=O. The molecule has 21 heavy (non-hydrogen) atoms. The summed E-state index contributed by atoms with van der Waals surface area (Å²) in [5.74, 6) is -0.293. The monoisotopic (exact) mass is 278 g/mol. The van der Waals surface area contributed by atoms with Crippen LogP contribution in [-0.4, -0.2) is 4.57 Å². The normalized spacial score (nSPS) is 10.5. The van der Waals surface area contributed by atoms with E-state index in [-0.39, 0.29) is 17.0 Å². The molecule has 4 nitrogen and oxygen atoms in total. The first-order valence-electron chi connectivity index (χ1n) is 6.64. The molecule has 3 rings (SSSR count). The van der Waals surface area contributed by atoms with Gasteiger partial charge < -0.3 is 5.11 Å². The van der Waals surface area contributed by atoms with Gasteiger partial charge in [-0.2, -0.15) is 4.57 Å². The number of nitrogens with zero attached hydrogens (tertiary/aromatic N) is 2. The van der Waals surface area contributed by atoms with Crippen LogP contribution in [0.2, 0.25) is 0 Å². The van der Waals surface area contributed by atoms with Crippen molar-refractivity contribution < 1.29 is 9.67 Å². The van der Waals surface area contributed by atoms with Crippen LogP contribution in [0.3, 0.4) is 0 Å². The van der Waals surface area contributed by atoms with E-state index in [1.807, 2.05) is 60.7 Å². The molecule has 1 aromatic heterocycles. The predicted molar refractivity (Wildman–Crippen MR) is 77.8 cm³/mol. The van der Waals surface area contributed by atoms with Gasteiger partial charge in [0.15, 0.2) is 0 Å². The number of hydrogen-bond donors (Lipinski definition) is 0. The van der Waals surface area contributed by atoms with Gasteiger partial charge in [-0.25, -0.2) is 9.36 Å². The van der Waals surface area contributed by atoms with Gasteiger partial charge in [0.25, 0.3) is 6.33 Å². The van der Waals surface area contributed by atoms with Crippen LogP contribution >= 0.6 is 0 Å². The zero-order valence-corrected chi connectivity index (χ0v) is 11.6. The lowest BCUT2D eigenvalue weighted by molar-refractivity contribution is -0.655. The first-order chi connectivity index (χ1) is 10.2. The van der Waals surface area contributed by atoms with E-state index in [4.69, 9.17) is 0 Å². The van der Waals surface area contributed by atoms with Crippen molar-refractivity contribution in [2.45, 2.75) is 6.92 Å². The standard InChI is InChI=1S/C17H14N2O2/c1-13-16(20)18(14-8-4-2-5-9-14)12-19(17(13)21)15-10-6-3-7-11-15/h2-12H,1H3. The molecule has 0 fully saturated rings. The summed E-state index contributed by atoms with van der Waals surface area (Å²) in [6, 6.07) is 18.5. The molecule has 1 heterocycles. The Kier molecular flexibility index (Phi) is 3.28. The molecule has 0 aliphatic carbocycles. The van der Waals surface area contributed by atoms with E-state index < -0.39 is 0 Å². The fourth-order valence-corrected chi connectivity index (χ4v) is 2.22. The van der Waals surface area contributed by atoms with E-state index in [1.165, 1.54) is 9.13 Å². The Morgan fingerprint density at radius 2 is 1.52 bits per heavy atom. The Labute approximate surface area is 122 Å². The third kappa shape index (κ3) is 2.31. The van der Waals surface area contributed by atoms with Crippen LogP contribution in [0.1, 0.15) is 5.56 Å². The Morgan fingerprint density at radius 1 is 0.952 bits per heavy atom. The second-order valence-electron chi connectivity index (χ2n) is 4.76. The minimum atomic E-state index is -0.293. The molecule has 0 atom stereocenters. The molecule has 0 amide bonds. The molecule has 4 heteroatoms. The molecule has 3 aromatic rings. The van der Waals surface area contributed by atoms with Crippen LogP contribution < -0.4 is 15.2 Å². The average Bonchev–Trinajstić information content (AvgIpc) is 2.55. The lowest BCUT2D eigenvalue weighted by Crippen LogP contribution is -2.42. The van der Waals surface area contributed by atoms with Crippen LogP contribution in [0.5, 0.6) is 5.88 Å². The summed E-state index contributed by atoms with van der Waals surface area (Å²) >= 11 is 0. The summed E-state index contributed by atoms with van der Waals surface area (Å²) in [4.78, 5) is 12.3. The van der Waals surface area contributed by atoms with E-state index in [0.717, 1.165) is 11.4 Å². The molecule has 0 aliphatic heterocycles. The molecular formula is C17H14N2O2. The number of para-hydroxylation sites is 2. The molecular weight excluding hydrogens is 264 g/mol. The van der Waals surface area contributed by atoms with Crippen molar-refractivity contribution in [1.82, 2.24) is 4.57 Å². The molecule has 0 N–H and O–H groups in total. The van der Waals surface area contributed by atoms with E-state index >= 15 is 0 Å². The number of benzene rings is 2. The Hall–Kier alpha value is -2.88. The summed E-state index contributed by atoms with van der Waals surface area (Å²) in [5.41, 5.74) is 1.37. The highest BCUT2D eigenvalue weighted by Crippen LogP contribution is 2.09. The molecule has 0 bridgehead atoms. The van der Waals surface area contributed by atoms with Crippen molar-refractivity contribution in [3.05, 3.63) is 82.9 Å². The Balaban J connectivity index is 2.29. The highest BCUT2D eigenvalue weighted by molar-refractivity contribution is 5.33. The van der Waals surface area contributed by atoms with E-state index in [1.54, 1.807) is 13.3 Å². The van der Waals surface area contributed by atoms with Crippen LogP contribution in [0.25, 0.3) is 11.4 Å². The van der Waals surface area contributed by atoms with Crippen LogP contribution in [0.4, 0.5) is 0 Å². The summed E-state index contributed by atoms with van der Waals surface area (Å²) in [7, 11) is 0. The molecule has 0 saturated heterocycles. The van der Waals surface area contributed by atoms with Crippen molar-refractivity contribution in [2.24, 2.45) is 0 Å². The average molecular weight is 278 g/mol. The third-order valence-electron chi connectivity index (χ3n) is 3.38. The molecule has 0 unspecified atom stereocenters. The van der Waals surface area contributed by atoms with Gasteiger partial charge in [-0.3, -0.25) is 0 Å². The molecule has 104 valence electrons. The van der Waals surface area contributed by atoms with Crippen molar-refractivity contribution in [3.8, 4) is 17.3 Å².